The SMILES string of the molecule is CCCCCCC(=O)Nc1ncnc2c1ncn2C1OC(CO)CC1O. The molecule has 1 amide bonds. The average Bonchev–Trinajstić information content (AvgIpc) is 3.22. The lowest BCUT2D eigenvalue weighted by Gasteiger charge is -2.16. The van der Waals surface area contributed by atoms with Gasteiger partial charge in [-0.2, -0.15) is 0 Å². The Kier molecular flexibility index (Phi) is 6.12. The van der Waals surface area contributed by atoms with Crippen molar-refractivity contribution in [2.24, 2.45) is 0 Å². The van der Waals surface area contributed by atoms with Gasteiger partial charge in [0.15, 0.2) is 23.2 Å². The van der Waals surface area contributed by atoms with Crippen LogP contribution in [0.5, 0.6) is 0 Å². The molecule has 0 spiro atoms. The van der Waals surface area contributed by atoms with Gasteiger partial charge in [0.25, 0.3) is 0 Å². The standard InChI is InChI=1S/C17H25N5O4/c1-2-3-4-5-6-13(25)21-15-14-16(19-9-18-15)22(10-20-14)17-12(24)7-11(8-23)26-17/h9-12,17,23-24H,2-8H2,1H3,(H,18,19,21,25). The molecular weight excluding hydrogens is 338 g/mol. The van der Waals surface area contributed by atoms with E-state index in [0.717, 1.165) is 25.7 Å². The van der Waals surface area contributed by atoms with Crippen LogP contribution in [0.1, 0.15) is 51.7 Å². The fraction of sp³-hybridized carbons (Fsp3) is 0.647. The van der Waals surface area contributed by atoms with Gasteiger partial charge in [-0.05, 0) is 6.42 Å². The van der Waals surface area contributed by atoms with E-state index in [4.69, 9.17) is 4.74 Å². The van der Waals surface area contributed by atoms with Crippen LogP contribution in [0.3, 0.4) is 0 Å². The number of carbonyl (C=O) groups is 1. The monoisotopic (exact) mass is 363 g/mol. The second kappa shape index (κ2) is 8.52. The summed E-state index contributed by atoms with van der Waals surface area (Å²) < 4.78 is 7.25. The summed E-state index contributed by atoms with van der Waals surface area (Å²) in [4.78, 5) is 24.7. The van der Waals surface area contributed by atoms with Crippen molar-refractivity contribution in [1.82, 2.24) is 19.5 Å². The molecule has 1 aliphatic rings. The molecule has 2 aromatic heterocycles. The van der Waals surface area contributed by atoms with E-state index in [1.165, 1.54) is 12.7 Å². The van der Waals surface area contributed by atoms with E-state index >= 15 is 0 Å². The van der Waals surface area contributed by atoms with E-state index in [-0.39, 0.29) is 12.5 Å². The molecule has 0 bridgehead atoms. The lowest BCUT2D eigenvalue weighted by molar-refractivity contribution is -0.116. The highest BCUT2D eigenvalue weighted by Crippen LogP contribution is 2.31. The van der Waals surface area contributed by atoms with Gasteiger partial charge in [0, 0.05) is 12.8 Å². The number of hydrogen-bond donors (Lipinski definition) is 3. The third-order valence-electron chi connectivity index (χ3n) is 4.52. The first-order valence-corrected chi connectivity index (χ1v) is 9.05. The predicted molar refractivity (Wildman–Crippen MR) is 94.3 cm³/mol. The Morgan fingerprint density at radius 1 is 1.35 bits per heavy atom. The van der Waals surface area contributed by atoms with Crippen LogP contribution in [0.15, 0.2) is 12.7 Å². The van der Waals surface area contributed by atoms with Crippen molar-refractivity contribution in [3.63, 3.8) is 0 Å². The lowest BCUT2D eigenvalue weighted by Crippen LogP contribution is -2.19. The number of hydrogen-bond acceptors (Lipinski definition) is 7. The van der Waals surface area contributed by atoms with Gasteiger partial charge in [-0.3, -0.25) is 9.36 Å². The minimum atomic E-state index is -0.767. The van der Waals surface area contributed by atoms with Gasteiger partial charge in [-0.1, -0.05) is 26.2 Å². The van der Waals surface area contributed by atoms with Crippen LogP contribution < -0.4 is 5.32 Å². The van der Waals surface area contributed by atoms with Gasteiger partial charge >= 0.3 is 0 Å². The highest BCUT2D eigenvalue weighted by atomic mass is 16.5. The zero-order valence-corrected chi connectivity index (χ0v) is 14.8. The molecule has 2 aromatic rings. The molecule has 0 aliphatic carbocycles. The third kappa shape index (κ3) is 4.00. The Labute approximate surface area is 151 Å². The average molecular weight is 363 g/mol. The van der Waals surface area contributed by atoms with Gasteiger partial charge < -0.3 is 20.3 Å². The van der Waals surface area contributed by atoms with Crippen molar-refractivity contribution < 1.29 is 19.7 Å². The largest absolute Gasteiger partial charge is 0.394 e. The van der Waals surface area contributed by atoms with Gasteiger partial charge in [0.1, 0.15) is 12.4 Å². The maximum atomic E-state index is 12.1. The Morgan fingerprint density at radius 2 is 2.19 bits per heavy atom. The van der Waals surface area contributed by atoms with Crippen LogP contribution in [0.4, 0.5) is 5.82 Å². The number of nitrogens with one attached hydrogen (secondary N) is 1. The molecule has 142 valence electrons. The summed E-state index contributed by atoms with van der Waals surface area (Å²) in [6.45, 7) is 1.97. The van der Waals surface area contributed by atoms with E-state index in [1.54, 1.807) is 4.57 Å². The Bertz CT molecular complexity index is 750. The summed E-state index contributed by atoms with van der Waals surface area (Å²) in [6, 6.07) is 0. The van der Waals surface area contributed by atoms with Crippen LogP contribution in [0.2, 0.25) is 0 Å². The van der Waals surface area contributed by atoms with Crippen molar-refractivity contribution >= 4 is 22.9 Å². The van der Waals surface area contributed by atoms with Gasteiger partial charge in [-0.15, -0.1) is 0 Å². The molecule has 0 aromatic carbocycles. The molecule has 3 unspecified atom stereocenters. The number of unbranched alkanes of at least 4 members (excludes halogenated alkanes) is 3. The Morgan fingerprint density at radius 3 is 2.92 bits per heavy atom. The molecule has 3 heterocycles. The first-order chi connectivity index (χ1) is 12.6. The topological polar surface area (TPSA) is 122 Å². The number of rotatable bonds is 8. The Hall–Kier alpha value is -2.10. The second-order valence-corrected chi connectivity index (χ2v) is 6.54. The van der Waals surface area contributed by atoms with Crippen LogP contribution in [0.25, 0.3) is 11.2 Å². The highest BCUT2D eigenvalue weighted by molar-refractivity contribution is 5.96. The highest BCUT2D eigenvalue weighted by Gasteiger charge is 2.36. The number of carbonyl (C=O) groups excluding carboxylic acids is 1. The second-order valence-electron chi connectivity index (χ2n) is 6.54. The molecule has 0 radical (unpaired) electrons. The van der Waals surface area contributed by atoms with Crippen molar-refractivity contribution in [2.75, 3.05) is 11.9 Å². The summed E-state index contributed by atoms with van der Waals surface area (Å²) in [5, 5.41) is 22.2. The number of ether oxygens (including phenoxy) is 1. The summed E-state index contributed by atoms with van der Waals surface area (Å²) in [6.07, 6.45) is 5.88. The number of aliphatic hydroxyl groups excluding tert-OH is 2. The van der Waals surface area contributed by atoms with Crippen LogP contribution >= 0.6 is 0 Å². The number of nitrogens with zero attached hydrogens (tertiary/aromatic N) is 4. The van der Waals surface area contributed by atoms with Crippen LogP contribution in [-0.4, -0.2) is 54.5 Å². The van der Waals surface area contributed by atoms with Crippen molar-refractivity contribution in [2.45, 2.75) is 63.9 Å². The van der Waals surface area contributed by atoms with Crippen molar-refractivity contribution in [3.05, 3.63) is 12.7 Å². The summed E-state index contributed by atoms with van der Waals surface area (Å²) in [5.74, 6) is 0.244. The zero-order chi connectivity index (χ0) is 18.5. The van der Waals surface area contributed by atoms with E-state index in [2.05, 4.69) is 27.2 Å². The van der Waals surface area contributed by atoms with Gasteiger partial charge in [0.05, 0.1) is 19.0 Å². The van der Waals surface area contributed by atoms with E-state index in [1.807, 2.05) is 0 Å². The smallest absolute Gasteiger partial charge is 0.225 e. The number of imidazole rings is 1. The van der Waals surface area contributed by atoms with E-state index in [9.17, 15) is 15.0 Å². The van der Waals surface area contributed by atoms with Gasteiger partial charge in [0.2, 0.25) is 5.91 Å². The number of aliphatic hydroxyl groups is 2. The molecule has 0 saturated carbocycles. The quantitative estimate of drug-likeness (QED) is 0.605. The maximum absolute atomic E-state index is 12.1. The fourth-order valence-corrected chi connectivity index (χ4v) is 3.13. The van der Waals surface area contributed by atoms with E-state index < -0.39 is 18.4 Å². The maximum Gasteiger partial charge on any atom is 0.225 e. The summed E-state index contributed by atoms with van der Waals surface area (Å²) in [7, 11) is 0. The molecule has 3 atom stereocenters. The normalized spacial score (nSPS) is 22.8. The van der Waals surface area contributed by atoms with Crippen molar-refractivity contribution in [3.8, 4) is 0 Å². The number of amides is 1. The molecule has 1 aliphatic heterocycles. The fourth-order valence-electron chi connectivity index (χ4n) is 3.13. The molecule has 9 nitrogen and oxygen atoms in total. The van der Waals surface area contributed by atoms with E-state index in [0.29, 0.717) is 29.8 Å². The molecule has 1 saturated heterocycles. The van der Waals surface area contributed by atoms with Crippen LogP contribution in [-0.2, 0) is 9.53 Å². The molecule has 3 rings (SSSR count). The molecule has 3 N–H and O–H groups in total. The summed E-state index contributed by atoms with van der Waals surface area (Å²) in [5.41, 5.74) is 0.904. The summed E-state index contributed by atoms with van der Waals surface area (Å²) >= 11 is 0. The first kappa shape index (κ1) is 18.7. The number of fused-ring (bicyclic) bond motifs is 1. The van der Waals surface area contributed by atoms with Gasteiger partial charge in [-0.25, -0.2) is 15.0 Å². The number of aromatic nitrogens is 4. The molecule has 26 heavy (non-hydrogen) atoms. The molecule has 9 heteroatoms. The molecular formula is C17H25N5O4. The number of anilines is 1. The molecule has 1 fully saturated rings. The lowest BCUT2D eigenvalue weighted by atomic mass is 10.1. The first-order valence-electron chi connectivity index (χ1n) is 9.05. The minimum absolute atomic E-state index is 0.104. The van der Waals surface area contributed by atoms with Crippen molar-refractivity contribution in [1.29, 1.82) is 0 Å². The zero-order valence-electron chi connectivity index (χ0n) is 14.8. The minimum Gasteiger partial charge on any atom is -0.394 e. The third-order valence-corrected chi connectivity index (χ3v) is 4.52. The predicted octanol–water partition coefficient (Wildman–Crippen LogP) is 1.38. The Balaban J connectivity index is 1.73. The van der Waals surface area contributed by atoms with Crippen LogP contribution in [0, 0.1) is 0 Å².